The number of hydrogen-bond acceptors (Lipinski definition) is 5. The summed E-state index contributed by atoms with van der Waals surface area (Å²) in [4.78, 5) is 0. The lowest BCUT2D eigenvalue weighted by Gasteiger charge is -2.14. The van der Waals surface area contributed by atoms with Gasteiger partial charge >= 0.3 is 0 Å². The average Bonchev–Trinajstić information content (AvgIpc) is 2.64. The van der Waals surface area contributed by atoms with E-state index in [4.69, 9.17) is 14.2 Å². The van der Waals surface area contributed by atoms with Gasteiger partial charge in [-0.25, -0.2) is 0 Å². The van der Waals surface area contributed by atoms with E-state index in [-0.39, 0.29) is 0 Å². The van der Waals surface area contributed by atoms with Gasteiger partial charge in [0.25, 0.3) is 0 Å². The van der Waals surface area contributed by atoms with Gasteiger partial charge in [-0.3, -0.25) is 0 Å². The van der Waals surface area contributed by atoms with Crippen molar-refractivity contribution in [2.24, 2.45) is 0 Å². The SMILES string of the molecule is COc1cc(CC(C#N)=CNc2ccccc2)cc(OC)c1OC. The van der Waals surface area contributed by atoms with Crippen LogP contribution in [-0.2, 0) is 6.42 Å². The van der Waals surface area contributed by atoms with Crippen LogP contribution in [0.4, 0.5) is 5.69 Å². The van der Waals surface area contributed by atoms with E-state index in [2.05, 4.69) is 11.4 Å². The van der Waals surface area contributed by atoms with Gasteiger partial charge in [-0.2, -0.15) is 5.26 Å². The highest BCUT2D eigenvalue weighted by Crippen LogP contribution is 2.38. The predicted molar refractivity (Wildman–Crippen MR) is 93.6 cm³/mol. The topological polar surface area (TPSA) is 63.5 Å². The Bertz CT molecular complexity index is 724. The molecule has 5 heteroatoms. The van der Waals surface area contributed by atoms with E-state index >= 15 is 0 Å². The fraction of sp³-hybridized carbons (Fsp3) is 0.211. The van der Waals surface area contributed by atoms with Gasteiger partial charge in [0, 0.05) is 23.9 Å². The summed E-state index contributed by atoms with van der Waals surface area (Å²) in [6, 6.07) is 15.6. The molecule has 0 saturated heterocycles. The van der Waals surface area contributed by atoms with E-state index in [1.807, 2.05) is 42.5 Å². The van der Waals surface area contributed by atoms with Crippen LogP contribution in [0.2, 0.25) is 0 Å². The van der Waals surface area contributed by atoms with E-state index in [1.165, 1.54) is 0 Å². The van der Waals surface area contributed by atoms with Crippen LogP contribution in [0.1, 0.15) is 5.56 Å². The number of nitrogens with zero attached hydrogens (tertiary/aromatic N) is 1. The van der Waals surface area contributed by atoms with Crippen LogP contribution in [0.3, 0.4) is 0 Å². The zero-order chi connectivity index (χ0) is 17.4. The summed E-state index contributed by atoms with van der Waals surface area (Å²) in [7, 11) is 4.70. The van der Waals surface area contributed by atoms with E-state index in [1.54, 1.807) is 27.5 Å². The van der Waals surface area contributed by atoms with Crippen LogP contribution >= 0.6 is 0 Å². The Kier molecular flexibility index (Phi) is 6.09. The summed E-state index contributed by atoms with van der Waals surface area (Å²) in [6.45, 7) is 0. The van der Waals surface area contributed by atoms with Crippen molar-refractivity contribution < 1.29 is 14.2 Å². The quantitative estimate of drug-likeness (QED) is 0.785. The van der Waals surface area contributed by atoms with Crippen LogP contribution < -0.4 is 19.5 Å². The molecule has 0 atom stereocenters. The molecule has 0 aromatic heterocycles. The molecule has 24 heavy (non-hydrogen) atoms. The maximum absolute atomic E-state index is 9.37. The van der Waals surface area contributed by atoms with Crippen LogP contribution in [0.25, 0.3) is 0 Å². The van der Waals surface area contributed by atoms with Gasteiger partial charge in [-0.15, -0.1) is 0 Å². The molecule has 2 aromatic carbocycles. The zero-order valence-corrected chi connectivity index (χ0v) is 14.0. The summed E-state index contributed by atoms with van der Waals surface area (Å²) < 4.78 is 16.0. The first kappa shape index (κ1) is 17.2. The molecule has 0 fully saturated rings. The maximum Gasteiger partial charge on any atom is 0.203 e. The van der Waals surface area contributed by atoms with Crippen molar-refractivity contribution in [3.8, 4) is 23.3 Å². The smallest absolute Gasteiger partial charge is 0.203 e. The molecule has 5 nitrogen and oxygen atoms in total. The third kappa shape index (κ3) is 4.20. The van der Waals surface area contributed by atoms with Crippen molar-refractivity contribution in [2.75, 3.05) is 26.6 Å². The van der Waals surface area contributed by atoms with E-state index in [9.17, 15) is 5.26 Å². The van der Waals surface area contributed by atoms with E-state index in [0.717, 1.165) is 11.3 Å². The van der Waals surface area contributed by atoms with Gasteiger partial charge in [-0.05, 0) is 29.8 Å². The number of nitrogens with one attached hydrogen (secondary N) is 1. The van der Waals surface area contributed by atoms with E-state index < -0.39 is 0 Å². The summed E-state index contributed by atoms with van der Waals surface area (Å²) in [5, 5.41) is 12.5. The Morgan fingerprint density at radius 2 is 1.67 bits per heavy atom. The molecule has 0 aliphatic rings. The lowest BCUT2D eigenvalue weighted by atomic mass is 10.1. The number of allylic oxidation sites excluding steroid dienone is 1. The number of para-hydroxylation sites is 1. The molecule has 124 valence electrons. The minimum Gasteiger partial charge on any atom is -0.493 e. The van der Waals surface area contributed by atoms with Gasteiger partial charge in [0.1, 0.15) is 0 Å². The van der Waals surface area contributed by atoms with Crippen molar-refractivity contribution in [1.29, 1.82) is 5.26 Å². The summed E-state index contributed by atoms with van der Waals surface area (Å²) in [5.74, 6) is 1.67. The van der Waals surface area contributed by atoms with Crippen LogP contribution in [0.15, 0.2) is 54.2 Å². The third-order valence-electron chi connectivity index (χ3n) is 3.45. The molecule has 0 aliphatic heterocycles. The van der Waals surface area contributed by atoms with Crippen molar-refractivity contribution in [1.82, 2.24) is 0 Å². The van der Waals surface area contributed by atoms with Crippen molar-refractivity contribution >= 4 is 5.69 Å². The second kappa shape index (κ2) is 8.49. The molecule has 0 radical (unpaired) electrons. The Morgan fingerprint density at radius 1 is 1.04 bits per heavy atom. The summed E-state index contributed by atoms with van der Waals surface area (Å²) in [5.41, 5.74) is 2.41. The number of nitriles is 1. The fourth-order valence-electron chi connectivity index (χ4n) is 2.29. The van der Waals surface area contributed by atoms with Gasteiger partial charge < -0.3 is 19.5 Å². The molecule has 0 unspecified atom stereocenters. The van der Waals surface area contributed by atoms with E-state index in [0.29, 0.717) is 29.2 Å². The third-order valence-corrected chi connectivity index (χ3v) is 3.45. The van der Waals surface area contributed by atoms with Crippen LogP contribution in [-0.4, -0.2) is 21.3 Å². The Hall–Kier alpha value is -3.13. The standard InChI is InChI=1S/C19H20N2O3/c1-22-17-10-14(11-18(23-2)19(17)24-3)9-15(12-20)13-21-16-7-5-4-6-8-16/h4-8,10-11,13,21H,9H2,1-3H3. The lowest BCUT2D eigenvalue weighted by Crippen LogP contribution is -1.99. The molecule has 2 aromatic rings. The first-order valence-corrected chi connectivity index (χ1v) is 7.41. The molecule has 0 spiro atoms. The second-order valence-corrected chi connectivity index (χ2v) is 5.00. The maximum atomic E-state index is 9.37. The minimum absolute atomic E-state index is 0.451. The number of methoxy groups -OCH3 is 3. The van der Waals surface area contributed by atoms with Gasteiger partial charge in [-0.1, -0.05) is 18.2 Å². The van der Waals surface area contributed by atoms with Gasteiger partial charge in [0.05, 0.1) is 27.4 Å². The molecule has 1 N–H and O–H groups in total. The normalized spacial score (nSPS) is 10.7. The average molecular weight is 324 g/mol. The molecular weight excluding hydrogens is 304 g/mol. The van der Waals surface area contributed by atoms with Crippen LogP contribution in [0, 0.1) is 11.3 Å². The lowest BCUT2D eigenvalue weighted by molar-refractivity contribution is 0.324. The number of rotatable bonds is 7. The van der Waals surface area contributed by atoms with Crippen molar-refractivity contribution in [3.63, 3.8) is 0 Å². The summed E-state index contributed by atoms with van der Waals surface area (Å²) in [6.07, 6.45) is 2.16. The monoisotopic (exact) mass is 324 g/mol. The fourth-order valence-corrected chi connectivity index (χ4v) is 2.29. The molecule has 0 aliphatic carbocycles. The first-order valence-electron chi connectivity index (χ1n) is 7.41. The molecule has 2 rings (SSSR count). The van der Waals surface area contributed by atoms with Gasteiger partial charge in [0.15, 0.2) is 11.5 Å². The molecule has 0 bridgehead atoms. The number of anilines is 1. The number of ether oxygens (including phenoxy) is 3. The molecule has 0 saturated carbocycles. The predicted octanol–water partition coefficient (Wildman–Crippen LogP) is 3.77. The Morgan fingerprint density at radius 3 is 2.17 bits per heavy atom. The Labute approximate surface area is 142 Å². The second-order valence-electron chi connectivity index (χ2n) is 5.00. The highest BCUT2D eigenvalue weighted by Gasteiger charge is 2.13. The largest absolute Gasteiger partial charge is 0.493 e. The zero-order valence-electron chi connectivity index (χ0n) is 14.0. The first-order chi connectivity index (χ1) is 11.7. The molecular formula is C19H20N2O3. The minimum atomic E-state index is 0.451. The van der Waals surface area contributed by atoms with Gasteiger partial charge in [0.2, 0.25) is 5.75 Å². The molecule has 0 amide bonds. The van der Waals surface area contributed by atoms with Crippen molar-refractivity contribution in [3.05, 3.63) is 59.8 Å². The number of benzene rings is 2. The Balaban J connectivity index is 2.23. The highest BCUT2D eigenvalue weighted by molar-refractivity contribution is 5.55. The van der Waals surface area contributed by atoms with Crippen molar-refractivity contribution in [2.45, 2.75) is 6.42 Å². The highest BCUT2D eigenvalue weighted by atomic mass is 16.5. The molecule has 0 heterocycles. The summed E-state index contributed by atoms with van der Waals surface area (Å²) >= 11 is 0. The van der Waals surface area contributed by atoms with Crippen LogP contribution in [0.5, 0.6) is 17.2 Å². The number of hydrogen-bond donors (Lipinski definition) is 1.